The molecule has 0 atom stereocenters. The number of carbonyl (C=O) groups is 3. The van der Waals surface area contributed by atoms with E-state index in [2.05, 4.69) is 4.99 Å². The Morgan fingerprint density at radius 2 is 1.81 bits per heavy atom. The van der Waals surface area contributed by atoms with Crippen LogP contribution in [0.15, 0.2) is 47.5 Å². The summed E-state index contributed by atoms with van der Waals surface area (Å²) in [6, 6.07) is 12.1. The molecule has 1 heterocycles. The molecule has 0 fully saturated rings. The number of benzene rings is 2. The Kier molecular flexibility index (Phi) is 7.19. The molecule has 0 N–H and O–H groups in total. The number of fused-ring (bicyclic) bond motifs is 1. The van der Waals surface area contributed by atoms with Crippen LogP contribution in [-0.4, -0.2) is 43.2 Å². The molecule has 8 nitrogen and oxygen atoms in total. The van der Waals surface area contributed by atoms with Gasteiger partial charge in [0.25, 0.3) is 5.91 Å². The molecule has 31 heavy (non-hydrogen) atoms. The first-order chi connectivity index (χ1) is 14.9. The zero-order valence-corrected chi connectivity index (χ0v) is 18.2. The van der Waals surface area contributed by atoms with Gasteiger partial charge >= 0.3 is 11.9 Å². The monoisotopic (exact) mass is 442 g/mol. The van der Waals surface area contributed by atoms with Crippen LogP contribution in [0.1, 0.15) is 22.8 Å². The Morgan fingerprint density at radius 1 is 1.06 bits per heavy atom. The molecule has 0 aliphatic heterocycles. The van der Waals surface area contributed by atoms with E-state index in [1.54, 1.807) is 61.1 Å². The van der Waals surface area contributed by atoms with Crippen LogP contribution in [0.4, 0.5) is 0 Å². The number of amides is 1. The van der Waals surface area contributed by atoms with Gasteiger partial charge in [-0.1, -0.05) is 23.5 Å². The van der Waals surface area contributed by atoms with Crippen molar-refractivity contribution in [3.63, 3.8) is 0 Å². The first kappa shape index (κ1) is 22.2. The Balaban J connectivity index is 1.98. The lowest BCUT2D eigenvalue weighted by molar-refractivity contribution is -0.141. The Labute approximate surface area is 182 Å². The zero-order chi connectivity index (χ0) is 22.4. The standard InChI is InChI=1S/C22H22N2O6S/c1-4-30-21(27)15-7-10-17-18(12-15)31-22(24(17)13-20(26)29-3)23-19(25)11-14-5-8-16(28-2)9-6-14/h5-10,12H,4,11,13H2,1-3H3. The molecule has 1 aromatic heterocycles. The lowest BCUT2D eigenvalue weighted by atomic mass is 10.1. The maximum atomic E-state index is 12.6. The van der Waals surface area contributed by atoms with Gasteiger partial charge in [0.1, 0.15) is 12.3 Å². The predicted octanol–water partition coefficient (Wildman–Crippen LogP) is 2.73. The summed E-state index contributed by atoms with van der Waals surface area (Å²) in [5, 5.41) is 0. The minimum absolute atomic E-state index is 0.102. The van der Waals surface area contributed by atoms with Crippen molar-refractivity contribution >= 4 is 39.4 Å². The number of hydrogen-bond acceptors (Lipinski definition) is 7. The van der Waals surface area contributed by atoms with Crippen molar-refractivity contribution in [2.24, 2.45) is 4.99 Å². The number of carbonyl (C=O) groups excluding carboxylic acids is 3. The van der Waals surface area contributed by atoms with Crippen molar-refractivity contribution in [1.29, 1.82) is 0 Å². The van der Waals surface area contributed by atoms with Gasteiger partial charge in [-0.3, -0.25) is 9.59 Å². The number of esters is 2. The van der Waals surface area contributed by atoms with Gasteiger partial charge in [-0.05, 0) is 42.8 Å². The number of aromatic nitrogens is 1. The largest absolute Gasteiger partial charge is 0.497 e. The molecule has 0 radical (unpaired) electrons. The lowest BCUT2D eigenvalue weighted by Crippen LogP contribution is -2.22. The molecular weight excluding hydrogens is 420 g/mol. The van der Waals surface area contributed by atoms with Gasteiger partial charge in [-0.2, -0.15) is 4.99 Å². The van der Waals surface area contributed by atoms with Gasteiger partial charge in [-0.25, -0.2) is 4.79 Å². The van der Waals surface area contributed by atoms with Crippen LogP contribution in [0.2, 0.25) is 0 Å². The predicted molar refractivity (Wildman–Crippen MR) is 115 cm³/mol. The average Bonchev–Trinajstić information content (AvgIpc) is 3.10. The molecule has 0 saturated carbocycles. The summed E-state index contributed by atoms with van der Waals surface area (Å²) >= 11 is 1.21. The van der Waals surface area contributed by atoms with E-state index in [0.29, 0.717) is 26.3 Å². The van der Waals surface area contributed by atoms with Crippen LogP contribution < -0.4 is 9.54 Å². The number of hydrogen-bond donors (Lipinski definition) is 0. The van der Waals surface area contributed by atoms with Crippen LogP contribution in [0.3, 0.4) is 0 Å². The summed E-state index contributed by atoms with van der Waals surface area (Å²) in [4.78, 5) is 41.1. The molecule has 3 rings (SSSR count). The van der Waals surface area contributed by atoms with Crippen molar-refractivity contribution in [1.82, 2.24) is 4.57 Å². The summed E-state index contributed by atoms with van der Waals surface area (Å²) in [5.41, 5.74) is 1.84. The molecule has 162 valence electrons. The van der Waals surface area contributed by atoms with E-state index in [0.717, 1.165) is 5.56 Å². The Bertz CT molecular complexity index is 1180. The molecule has 0 bridgehead atoms. The number of methoxy groups -OCH3 is 2. The lowest BCUT2D eigenvalue weighted by Gasteiger charge is -2.05. The van der Waals surface area contributed by atoms with Crippen LogP contribution in [-0.2, 0) is 32.0 Å². The maximum Gasteiger partial charge on any atom is 0.338 e. The van der Waals surface area contributed by atoms with E-state index in [1.165, 1.54) is 18.4 Å². The Hall–Kier alpha value is -3.46. The molecule has 0 spiro atoms. The first-order valence-electron chi connectivity index (χ1n) is 9.53. The molecule has 9 heteroatoms. The van der Waals surface area contributed by atoms with Gasteiger partial charge < -0.3 is 18.8 Å². The summed E-state index contributed by atoms with van der Waals surface area (Å²) < 4.78 is 17.2. The fourth-order valence-corrected chi connectivity index (χ4v) is 4.00. The highest BCUT2D eigenvalue weighted by atomic mass is 32.1. The quantitative estimate of drug-likeness (QED) is 0.522. The fraction of sp³-hybridized carbons (Fsp3) is 0.273. The van der Waals surface area contributed by atoms with E-state index >= 15 is 0 Å². The smallest absolute Gasteiger partial charge is 0.338 e. The highest BCUT2D eigenvalue weighted by molar-refractivity contribution is 7.16. The minimum Gasteiger partial charge on any atom is -0.497 e. The molecule has 3 aromatic rings. The molecule has 0 saturated heterocycles. The van der Waals surface area contributed by atoms with Gasteiger partial charge in [0.15, 0.2) is 4.80 Å². The van der Waals surface area contributed by atoms with E-state index < -0.39 is 11.9 Å². The topological polar surface area (TPSA) is 96.2 Å². The maximum absolute atomic E-state index is 12.6. The average molecular weight is 442 g/mol. The van der Waals surface area contributed by atoms with Crippen molar-refractivity contribution in [2.75, 3.05) is 20.8 Å². The molecular formula is C22H22N2O6S. The van der Waals surface area contributed by atoms with Crippen LogP contribution >= 0.6 is 11.3 Å². The summed E-state index contributed by atoms with van der Waals surface area (Å²) in [5.74, 6) is -0.573. The molecule has 0 aliphatic carbocycles. The van der Waals surface area contributed by atoms with E-state index in [1.807, 2.05) is 0 Å². The Morgan fingerprint density at radius 3 is 2.45 bits per heavy atom. The second-order valence-electron chi connectivity index (χ2n) is 6.48. The highest BCUT2D eigenvalue weighted by Crippen LogP contribution is 2.20. The molecule has 0 unspecified atom stereocenters. The van der Waals surface area contributed by atoms with Crippen LogP contribution in [0, 0.1) is 0 Å². The van der Waals surface area contributed by atoms with Gasteiger partial charge in [0, 0.05) is 0 Å². The number of nitrogens with zero attached hydrogens (tertiary/aromatic N) is 2. The molecule has 1 amide bonds. The van der Waals surface area contributed by atoms with Crippen LogP contribution in [0.5, 0.6) is 5.75 Å². The van der Waals surface area contributed by atoms with Gasteiger partial charge in [0.05, 0.1) is 43.0 Å². The van der Waals surface area contributed by atoms with Crippen molar-refractivity contribution in [3.8, 4) is 5.75 Å². The van der Waals surface area contributed by atoms with E-state index in [-0.39, 0.29) is 25.5 Å². The second-order valence-corrected chi connectivity index (χ2v) is 7.49. The molecule has 2 aromatic carbocycles. The van der Waals surface area contributed by atoms with Gasteiger partial charge in [0.2, 0.25) is 0 Å². The normalized spacial score (nSPS) is 11.4. The summed E-state index contributed by atoms with van der Waals surface area (Å²) in [7, 11) is 2.87. The summed E-state index contributed by atoms with van der Waals surface area (Å²) in [6.07, 6.45) is 0.102. The van der Waals surface area contributed by atoms with Gasteiger partial charge in [-0.15, -0.1) is 0 Å². The number of ether oxygens (including phenoxy) is 3. The summed E-state index contributed by atoms with van der Waals surface area (Å²) in [6.45, 7) is 1.89. The van der Waals surface area contributed by atoms with Crippen molar-refractivity contribution in [3.05, 3.63) is 58.4 Å². The third-order valence-corrected chi connectivity index (χ3v) is 5.48. The van der Waals surface area contributed by atoms with Crippen molar-refractivity contribution < 1.29 is 28.6 Å². The SMILES string of the molecule is CCOC(=O)c1ccc2c(c1)sc(=NC(=O)Cc1ccc(OC)cc1)n2CC(=O)OC. The third-order valence-electron chi connectivity index (χ3n) is 4.44. The highest BCUT2D eigenvalue weighted by Gasteiger charge is 2.15. The number of thiazole rings is 1. The van der Waals surface area contributed by atoms with Crippen molar-refractivity contribution in [2.45, 2.75) is 19.9 Å². The zero-order valence-electron chi connectivity index (χ0n) is 17.4. The van der Waals surface area contributed by atoms with E-state index in [9.17, 15) is 14.4 Å². The first-order valence-corrected chi connectivity index (χ1v) is 10.3. The second kappa shape index (κ2) is 10.0. The molecule has 0 aliphatic rings. The minimum atomic E-state index is -0.474. The van der Waals surface area contributed by atoms with Crippen LogP contribution in [0.25, 0.3) is 10.2 Å². The van der Waals surface area contributed by atoms with E-state index in [4.69, 9.17) is 14.2 Å². The third kappa shape index (κ3) is 5.37. The fourth-order valence-electron chi connectivity index (χ4n) is 2.91. The number of rotatable bonds is 7.